The largest absolute Gasteiger partial charge is 0.384 e. The van der Waals surface area contributed by atoms with Gasteiger partial charge in [0.2, 0.25) is 0 Å². The fourth-order valence-corrected chi connectivity index (χ4v) is 2.81. The molecule has 1 aromatic heterocycles. The van der Waals surface area contributed by atoms with Crippen LogP contribution < -0.4 is 5.32 Å². The number of rotatable bonds is 3. The second-order valence-corrected chi connectivity index (χ2v) is 5.68. The third-order valence-corrected chi connectivity index (χ3v) is 3.95. The van der Waals surface area contributed by atoms with Crippen LogP contribution in [0.3, 0.4) is 0 Å². The normalized spacial score (nSPS) is 14.6. The zero-order chi connectivity index (χ0) is 14.1. The molecule has 0 saturated heterocycles. The topological polar surface area (TPSA) is 34.2 Å². The van der Waals surface area contributed by atoms with Crippen LogP contribution in [0.2, 0.25) is 0 Å². The molecule has 106 valence electrons. The molecule has 2 heterocycles. The van der Waals surface area contributed by atoms with Crippen molar-refractivity contribution in [1.29, 1.82) is 0 Å². The standard InChI is InChI=1S/C17H22N2O/c1-4-18-17-13-9-12(11(2)3)5-6-15(13)19-16-7-8-20-10-14(16)17/h5-6,9,11H,4,7-8,10H2,1-3H3,(H,18,19). The summed E-state index contributed by atoms with van der Waals surface area (Å²) >= 11 is 0. The summed E-state index contributed by atoms with van der Waals surface area (Å²) in [5.74, 6) is 0.529. The average molecular weight is 270 g/mol. The Labute approximate surface area is 120 Å². The van der Waals surface area contributed by atoms with E-state index in [2.05, 4.69) is 44.3 Å². The molecule has 3 rings (SSSR count). The summed E-state index contributed by atoms with van der Waals surface area (Å²) in [4.78, 5) is 4.84. The van der Waals surface area contributed by atoms with E-state index in [4.69, 9.17) is 9.72 Å². The fraction of sp³-hybridized carbons (Fsp3) is 0.471. The van der Waals surface area contributed by atoms with E-state index in [1.165, 1.54) is 27.9 Å². The third kappa shape index (κ3) is 2.27. The lowest BCUT2D eigenvalue weighted by atomic mass is 9.97. The van der Waals surface area contributed by atoms with Gasteiger partial charge in [-0.1, -0.05) is 19.9 Å². The van der Waals surface area contributed by atoms with Gasteiger partial charge < -0.3 is 10.1 Å². The molecular formula is C17H22N2O. The van der Waals surface area contributed by atoms with Crippen molar-refractivity contribution >= 4 is 16.6 Å². The maximum Gasteiger partial charge on any atom is 0.0755 e. The molecule has 0 spiro atoms. The molecule has 0 fully saturated rings. The molecular weight excluding hydrogens is 248 g/mol. The molecule has 0 unspecified atom stereocenters. The van der Waals surface area contributed by atoms with Crippen LogP contribution in [0.15, 0.2) is 18.2 Å². The lowest BCUT2D eigenvalue weighted by Crippen LogP contribution is -2.15. The average Bonchev–Trinajstić information content (AvgIpc) is 2.46. The fourth-order valence-electron chi connectivity index (χ4n) is 2.81. The van der Waals surface area contributed by atoms with E-state index in [9.17, 15) is 0 Å². The highest BCUT2D eigenvalue weighted by atomic mass is 16.5. The van der Waals surface area contributed by atoms with Crippen LogP contribution >= 0.6 is 0 Å². The summed E-state index contributed by atoms with van der Waals surface area (Å²) < 4.78 is 5.63. The Balaban J connectivity index is 2.25. The molecule has 3 heteroatoms. The third-order valence-electron chi connectivity index (χ3n) is 3.95. The van der Waals surface area contributed by atoms with E-state index in [0.29, 0.717) is 12.5 Å². The van der Waals surface area contributed by atoms with Gasteiger partial charge in [0, 0.05) is 23.9 Å². The quantitative estimate of drug-likeness (QED) is 0.919. The van der Waals surface area contributed by atoms with Gasteiger partial charge in [0.1, 0.15) is 0 Å². The van der Waals surface area contributed by atoms with Crippen molar-refractivity contribution in [3.63, 3.8) is 0 Å². The summed E-state index contributed by atoms with van der Waals surface area (Å²) in [5.41, 5.74) is 6.10. The highest BCUT2D eigenvalue weighted by Gasteiger charge is 2.18. The van der Waals surface area contributed by atoms with Gasteiger partial charge in [0.05, 0.1) is 30.1 Å². The Hall–Kier alpha value is -1.61. The predicted octanol–water partition coefficient (Wildman–Crippen LogP) is 3.86. The van der Waals surface area contributed by atoms with Gasteiger partial charge in [-0.2, -0.15) is 0 Å². The van der Waals surface area contributed by atoms with Crippen molar-refractivity contribution in [3.8, 4) is 0 Å². The number of hydrogen-bond donors (Lipinski definition) is 1. The van der Waals surface area contributed by atoms with Crippen molar-refractivity contribution in [2.24, 2.45) is 0 Å². The van der Waals surface area contributed by atoms with Gasteiger partial charge in [0.25, 0.3) is 0 Å². The maximum atomic E-state index is 5.63. The van der Waals surface area contributed by atoms with E-state index in [-0.39, 0.29) is 0 Å². The molecule has 20 heavy (non-hydrogen) atoms. The number of ether oxygens (including phenoxy) is 1. The van der Waals surface area contributed by atoms with Crippen LogP contribution in [0.1, 0.15) is 43.5 Å². The first kappa shape index (κ1) is 13.4. The zero-order valence-electron chi connectivity index (χ0n) is 12.5. The highest BCUT2D eigenvalue weighted by molar-refractivity contribution is 5.94. The molecule has 1 aromatic carbocycles. The number of fused-ring (bicyclic) bond motifs is 2. The minimum absolute atomic E-state index is 0.529. The molecule has 1 aliphatic heterocycles. The van der Waals surface area contributed by atoms with Gasteiger partial charge >= 0.3 is 0 Å². The predicted molar refractivity (Wildman–Crippen MR) is 83.4 cm³/mol. The van der Waals surface area contributed by atoms with Gasteiger partial charge in [-0.05, 0) is 30.5 Å². The maximum absolute atomic E-state index is 5.63. The highest BCUT2D eigenvalue weighted by Crippen LogP contribution is 2.33. The summed E-state index contributed by atoms with van der Waals surface area (Å²) in [6, 6.07) is 6.63. The smallest absolute Gasteiger partial charge is 0.0755 e. The molecule has 3 nitrogen and oxygen atoms in total. The molecule has 0 radical (unpaired) electrons. The Kier molecular flexibility index (Phi) is 3.62. The van der Waals surface area contributed by atoms with Gasteiger partial charge in [-0.15, -0.1) is 0 Å². The Morgan fingerprint density at radius 2 is 2.20 bits per heavy atom. The van der Waals surface area contributed by atoms with Crippen LogP contribution in [0, 0.1) is 0 Å². The number of anilines is 1. The SMILES string of the molecule is CCNc1c2c(nc3ccc(C(C)C)cc13)CCOC2. The van der Waals surface area contributed by atoms with E-state index in [0.717, 1.165) is 25.1 Å². The Morgan fingerprint density at radius 3 is 2.95 bits per heavy atom. The molecule has 1 N–H and O–H groups in total. The number of pyridine rings is 1. The summed E-state index contributed by atoms with van der Waals surface area (Å²) in [6.45, 7) is 8.95. The zero-order valence-corrected chi connectivity index (χ0v) is 12.5. The van der Waals surface area contributed by atoms with Crippen molar-refractivity contribution in [2.45, 2.75) is 39.7 Å². The number of nitrogens with one attached hydrogen (secondary N) is 1. The minimum atomic E-state index is 0.529. The van der Waals surface area contributed by atoms with Crippen LogP contribution in [0.25, 0.3) is 10.9 Å². The molecule has 0 atom stereocenters. The molecule has 0 amide bonds. The van der Waals surface area contributed by atoms with E-state index in [1.54, 1.807) is 0 Å². The number of nitrogens with zero attached hydrogens (tertiary/aromatic N) is 1. The van der Waals surface area contributed by atoms with Crippen molar-refractivity contribution < 1.29 is 4.74 Å². The first-order valence-electron chi connectivity index (χ1n) is 7.47. The van der Waals surface area contributed by atoms with Crippen LogP contribution in [0.4, 0.5) is 5.69 Å². The van der Waals surface area contributed by atoms with E-state index < -0.39 is 0 Å². The van der Waals surface area contributed by atoms with Gasteiger partial charge in [0.15, 0.2) is 0 Å². The molecule has 1 aliphatic rings. The molecule has 2 aromatic rings. The van der Waals surface area contributed by atoms with Crippen LogP contribution in [-0.2, 0) is 17.8 Å². The first-order chi connectivity index (χ1) is 9.70. The number of benzene rings is 1. The van der Waals surface area contributed by atoms with E-state index >= 15 is 0 Å². The lowest BCUT2D eigenvalue weighted by molar-refractivity contribution is 0.110. The van der Waals surface area contributed by atoms with Crippen molar-refractivity contribution in [2.75, 3.05) is 18.5 Å². The molecule has 0 saturated carbocycles. The lowest BCUT2D eigenvalue weighted by Gasteiger charge is -2.22. The van der Waals surface area contributed by atoms with Gasteiger partial charge in [-0.3, -0.25) is 4.98 Å². The van der Waals surface area contributed by atoms with Crippen LogP contribution in [0.5, 0.6) is 0 Å². The first-order valence-corrected chi connectivity index (χ1v) is 7.47. The summed E-state index contributed by atoms with van der Waals surface area (Å²) in [7, 11) is 0. The monoisotopic (exact) mass is 270 g/mol. The van der Waals surface area contributed by atoms with Crippen LogP contribution in [-0.4, -0.2) is 18.1 Å². The Bertz CT molecular complexity index is 634. The van der Waals surface area contributed by atoms with E-state index in [1.807, 2.05) is 0 Å². The van der Waals surface area contributed by atoms with Crippen molar-refractivity contribution in [1.82, 2.24) is 4.98 Å². The minimum Gasteiger partial charge on any atom is -0.384 e. The second kappa shape index (κ2) is 5.41. The summed E-state index contributed by atoms with van der Waals surface area (Å²) in [5, 5.41) is 4.75. The Morgan fingerprint density at radius 1 is 1.35 bits per heavy atom. The van der Waals surface area contributed by atoms with Crippen molar-refractivity contribution in [3.05, 3.63) is 35.0 Å². The molecule has 0 aliphatic carbocycles. The second-order valence-electron chi connectivity index (χ2n) is 5.68. The number of aromatic nitrogens is 1. The van der Waals surface area contributed by atoms with Gasteiger partial charge in [-0.25, -0.2) is 0 Å². The summed E-state index contributed by atoms with van der Waals surface area (Å²) in [6.07, 6.45) is 0.912. The molecule has 0 bridgehead atoms. The number of hydrogen-bond acceptors (Lipinski definition) is 3.